The van der Waals surface area contributed by atoms with Gasteiger partial charge >= 0.3 is 0 Å². The summed E-state index contributed by atoms with van der Waals surface area (Å²) in [7, 11) is -4.13. The van der Waals surface area contributed by atoms with E-state index in [-0.39, 0.29) is 17.3 Å². The van der Waals surface area contributed by atoms with Crippen LogP contribution < -0.4 is 9.62 Å². The van der Waals surface area contributed by atoms with Crippen LogP contribution >= 0.6 is 11.6 Å². The highest BCUT2D eigenvalue weighted by molar-refractivity contribution is 7.92. The lowest BCUT2D eigenvalue weighted by atomic mass is 10.1. The molecule has 0 bridgehead atoms. The van der Waals surface area contributed by atoms with E-state index in [1.807, 2.05) is 58.0 Å². The standard InChI is InChI=1S/C29H34ClN3O4S/c1-5-26(28(35)31-29(2,3)4)32(20-22-12-8-6-9-13-22)27(34)21-33(24-14-10-7-11-15-24)38(36,37)25-18-16-23(30)17-19-25/h6-19,26H,5,20-21H2,1-4H3,(H,31,35)/t26-/m1/s1. The number of nitrogens with one attached hydrogen (secondary N) is 1. The molecule has 0 radical (unpaired) electrons. The molecule has 9 heteroatoms. The summed E-state index contributed by atoms with van der Waals surface area (Å²) in [5.74, 6) is -0.790. The van der Waals surface area contributed by atoms with E-state index in [1.54, 1.807) is 30.3 Å². The van der Waals surface area contributed by atoms with Gasteiger partial charge in [-0.2, -0.15) is 0 Å². The normalized spacial score (nSPS) is 12.4. The first kappa shape index (κ1) is 29.2. The van der Waals surface area contributed by atoms with Crippen molar-refractivity contribution in [2.24, 2.45) is 0 Å². The third kappa shape index (κ3) is 7.58. The molecule has 0 unspecified atom stereocenters. The number of anilines is 1. The van der Waals surface area contributed by atoms with Gasteiger partial charge in [-0.05, 0) is 69.2 Å². The summed E-state index contributed by atoms with van der Waals surface area (Å²) in [5, 5.41) is 3.36. The Bertz CT molecular complexity index is 1330. The van der Waals surface area contributed by atoms with E-state index in [0.717, 1.165) is 9.87 Å². The van der Waals surface area contributed by atoms with Crippen molar-refractivity contribution < 1.29 is 18.0 Å². The van der Waals surface area contributed by atoms with Gasteiger partial charge in [0.05, 0.1) is 10.6 Å². The molecule has 0 aliphatic heterocycles. The highest BCUT2D eigenvalue weighted by Crippen LogP contribution is 2.25. The zero-order valence-corrected chi connectivity index (χ0v) is 23.7. The average Bonchev–Trinajstić information content (AvgIpc) is 2.87. The highest BCUT2D eigenvalue weighted by atomic mass is 35.5. The Morgan fingerprint density at radius 1 is 0.895 bits per heavy atom. The molecule has 38 heavy (non-hydrogen) atoms. The smallest absolute Gasteiger partial charge is 0.264 e. The number of para-hydroxylation sites is 1. The molecular formula is C29H34ClN3O4S. The molecule has 0 aromatic heterocycles. The van der Waals surface area contributed by atoms with Gasteiger partial charge in [-0.3, -0.25) is 13.9 Å². The Kier molecular flexibility index (Phi) is 9.57. The molecule has 1 N–H and O–H groups in total. The van der Waals surface area contributed by atoms with Crippen molar-refractivity contribution in [3.05, 3.63) is 95.5 Å². The van der Waals surface area contributed by atoms with Gasteiger partial charge in [0.1, 0.15) is 12.6 Å². The number of carbonyl (C=O) groups excluding carboxylic acids is 2. The summed E-state index contributed by atoms with van der Waals surface area (Å²) in [6.07, 6.45) is 0.357. The average molecular weight is 556 g/mol. The van der Waals surface area contributed by atoms with Crippen LogP contribution in [0.4, 0.5) is 5.69 Å². The summed E-state index contributed by atoms with van der Waals surface area (Å²) in [6, 6.07) is 22.8. The van der Waals surface area contributed by atoms with Gasteiger partial charge in [0.25, 0.3) is 10.0 Å². The summed E-state index contributed by atoms with van der Waals surface area (Å²) in [4.78, 5) is 28.7. The quantitative estimate of drug-likeness (QED) is 0.370. The second kappa shape index (κ2) is 12.5. The second-order valence-electron chi connectivity index (χ2n) is 9.97. The number of sulfonamides is 1. The molecule has 3 rings (SSSR count). The van der Waals surface area contributed by atoms with Gasteiger partial charge in [-0.25, -0.2) is 8.42 Å². The van der Waals surface area contributed by atoms with Gasteiger partial charge < -0.3 is 10.2 Å². The number of benzene rings is 3. The lowest BCUT2D eigenvalue weighted by Gasteiger charge is -2.34. The fourth-order valence-corrected chi connectivity index (χ4v) is 5.55. The molecule has 2 amide bonds. The SMILES string of the molecule is CC[C@H](C(=O)NC(C)(C)C)N(Cc1ccccc1)C(=O)CN(c1ccccc1)S(=O)(=O)c1ccc(Cl)cc1. The zero-order valence-electron chi connectivity index (χ0n) is 22.1. The molecule has 0 aliphatic carbocycles. The first-order chi connectivity index (χ1) is 17.9. The fraction of sp³-hybridized carbons (Fsp3) is 0.310. The topological polar surface area (TPSA) is 86.8 Å². The molecule has 202 valence electrons. The summed E-state index contributed by atoms with van der Waals surface area (Å²) >= 11 is 5.98. The van der Waals surface area contributed by atoms with Gasteiger partial charge in [0, 0.05) is 17.1 Å². The van der Waals surface area contributed by atoms with Crippen molar-refractivity contribution in [3.63, 3.8) is 0 Å². The van der Waals surface area contributed by atoms with Crippen molar-refractivity contribution in [2.45, 2.75) is 57.1 Å². The van der Waals surface area contributed by atoms with E-state index >= 15 is 0 Å². The van der Waals surface area contributed by atoms with Crippen molar-refractivity contribution in [3.8, 4) is 0 Å². The maximum Gasteiger partial charge on any atom is 0.264 e. The van der Waals surface area contributed by atoms with E-state index in [2.05, 4.69) is 5.32 Å². The Labute approximate surface area is 230 Å². The third-order valence-electron chi connectivity index (χ3n) is 5.80. The molecule has 0 heterocycles. The van der Waals surface area contributed by atoms with Crippen LogP contribution in [0, 0.1) is 0 Å². The van der Waals surface area contributed by atoms with Crippen molar-refractivity contribution >= 4 is 39.1 Å². The van der Waals surface area contributed by atoms with Crippen molar-refractivity contribution in [1.29, 1.82) is 0 Å². The van der Waals surface area contributed by atoms with E-state index < -0.39 is 34.1 Å². The molecule has 0 fully saturated rings. The minimum atomic E-state index is -4.13. The molecule has 0 aliphatic rings. The Morgan fingerprint density at radius 2 is 1.45 bits per heavy atom. The van der Waals surface area contributed by atoms with Gasteiger partial charge in [0.15, 0.2) is 0 Å². The molecule has 1 atom stereocenters. The van der Waals surface area contributed by atoms with Crippen LogP contribution in [-0.2, 0) is 26.2 Å². The first-order valence-corrected chi connectivity index (χ1v) is 14.2. The third-order valence-corrected chi connectivity index (χ3v) is 7.84. The monoisotopic (exact) mass is 555 g/mol. The zero-order chi connectivity index (χ0) is 27.9. The van der Waals surface area contributed by atoms with Crippen LogP contribution in [-0.4, -0.2) is 43.3 Å². The molecular weight excluding hydrogens is 522 g/mol. The predicted molar refractivity (Wildman–Crippen MR) is 151 cm³/mol. The van der Waals surface area contributed by atoms with Gasteiger partial charge in [0.2, 0.25) is 11.8 Å². The largest absolute Gasteiger partial charge is 0.350 e. The molecule has 7 nitrogen and oxygen atoms in total. The Hall–Kier alpha value is -3.36. The Morgan fingerprint density at radius 3 is 1.97 bits per heavy atom. The number of hydrogen-bond donors (Lipinski definition) is 1. The number of nitrogens with zero attached hydrogens (tertiary/aromatic N) is 2. The number of rotatable bonds is 10. The van der Waals surface area contributed by atoms with Crippen LogP contribution in [0.25, 0.3) is 0 Å². The van der Waals surface area contributed by atoms with Crippen LogP contribution in [0.5, 0.6) is 0 Å². The summed E-state index contributed by atoms with van der Waals surface area (Å²) in [5.41, 5.74) is 0.664. The van der Waals surface area contributed by atoms with Crippen LogP contribution in [0.3, 0.4) is 0 Å². The Balaban J connectivity index is 2.03. The lowest BCUT2D eigenvalue weighted by Crippen LogP contribution is -2.55. The van der Waals surface area contributed by atoms with E-state index in [1.165, 1.54) is 29.2 Å². The number of amides is 2. The molecule has 3 aromatic carbocycles. The van der Waals surface area contributed by atoms with Crippen LogP contribution in [0.1, 0.15) is 39.7 Å². The van der Waals surface area contributed by atoms with Crippen molar-refractivity contribution in [1.82, 2.24) is 10.2 Å². The molecule has 0 saturated carbocycles. The molecule has 3 aromatic rings. The van der Waals surface area contributed by atoms with Crippen LogP contribution in [0.15, 0.2) is 89.8 Å². The summed E-state index contributed by atoms with van der Waals surface area (Å²) in [6.45, 7) is 7.11. The lowest BCUT2D eigenvalue weighted by molar-refractivity contribution is -0.141. The number of carbonyl (C=O) groups is 2. The second-order valence-corrected chi connectivity index (χ2v) is 12.3. The molecule has 0 saturated heterocycles. The van der Waals surface area contributed by atoms with E-state index in [4.69, 9.17) is 11.6 Å². The minimum Gasteiger partial charge on any atom is -0.350 e. The van der Waals surface area contributed by atoms with Crippen molar-refractivity contribution in [2.75, 3.05) is 10.8 Å². The van der Waals surface area contributed by atoms with E-state index in [0.29, 0.717) is 17.1 Å². The fourth-order valence-electron chi connectivity index (χ4n) is 4.01. The van der Waals surface area contributed by atoms with Gasteiger partial charge in [-0.15, -0.1) is 0 Å². The summed E-state index contributed by atoms with van der Waals surface area (Å²) < 4.78 is 28.6. The number of halogens is 1. The van der Waals surface area contributed by atoms with Crippen LogP contribution in [0.2, 0.25) is 5.02 Å². The number of hydrogen-bond acceptors (Lipinski definition) is 4. The maximum atomic E-state index is 14.0. The van der Waals surface area contributed by atoms with Gasteiger partial charge in [-0.1, -0.05) is 67.1 Å². The maximum absolute atomic E-state index is 14.0. The van der Waals surface area contributed by atoms with E-state index in [9.17, 15) is 18.0 Å². The minimum absolute atomic E-state index is 0.00526. The first-order valence-electron chi connectivity index (χ1n) is 12.4. The predicted octanol–water partition coefficient (Wildman–Crippen LogP) is 5.26. The molecule has 0 spiro atoms. The highest BCUT2D eigenvalue weighted by Gasteiger charge is 2.34.